The van der Waals surface area contributed by atoms with Crippen LogP contribution in [0.25, 0.3) is 0 Å². The first kappa shape index (κ1) is 15.0. The summed E-state index contributed by atoms with van der Waals surface area (Å²) < 4.78 is 5.93. The number of carbonyl (C=O) groups excluding carboxylic acids is 1. The van der Waals surface area contributed by atoms with Crippen molar-refractivity contribution in [2.45, 2.75) is 38.7 Å². The molecule has 0 aliphatic carbocycles. The second-order valence-electron chi connectivity index (χ2n) is 5.55. The molecule has 5 heteroatoms. The van der Waals surface area contributed by atoms with Crippen LogP contribution in [-0.2, 0) is 17.6 Å². The number of carbonyl (C=O) groups is 1. The summed E-state index contributed by atoms with van der Waals surface area (Å²) in [6, 6.07) is 8.11. The van der Waals surface area contributed by atoms with Gasteiger partial charge in [-0.05, 0) is 37.8 Å². The van der Waals surface area contributed by atoms with Gasteiger partial charge in [0.2, 0.25) is 5.91 Å². The highest BCUT2D eigenvalue weighted by molar-refractivity contribution is 7.09. The fraction of sp³-hybridized carbons (Fsp3) is 0.412. The monoisotopic (exact) mass is 316 g/mol. The molecular formula is C17H20N2O2S. The van der Waals surface area contributed by atoms with E-state index in [4.69, 9.17) is 4.74 Å². The number of para-hydroxylation sites is 1. The summed E-state index contributed by atoms with van der Waals surface area (Å²) in [5.74, 6) is 1.03. The third-order valence-corrected chi connectivity index (χ3v) is 4.95. The molecule has 0 saturated carbocycles. The first-order valence-electron chi connectivity index (χ1n) is 7.62. The number of thiazole rings is 1. The van der Waals surface area contributed by atoms with Crippen LogP contribution in [0, 0.1) is 6.92 Å². The number of nitrogens with zero attached hydrogens (tertiary/aromatic N) is 1. The molecule has 1 unspecified atom stereocenters. The minimum Gasteiger partial charge on any atom is -0.488 e. The van der Waals surface area contributed by atoms with Gasteiger partial charge in [0.1, 0.15) is 11.9 Å². The Morgan fingerprint density at radius 2 is 2.32 bits per heavy atom. The minimum absolute atomic E-state index is 0.0731. The summed E-state index contributed by atoms with van der Waals surface area (Å²) in [4.78, 5) is 17.4. The maximum Gasteiger partial charge on any atom is 0.220 e. The molecule has 1 aliphatic rings. The van der Waals surface area contributed by atoms with Gasteiger partial charge in [-0.2, -0.15) is 0 Å². The second kappa shape index (κ2) is 6.92. The zero-order chi connectivity index (χ0) is 15.4. The lowest BCUT2D eigenvalue weighted by atomic mass is 10.0. The van der Waals surface area contributed by atoms with E-state index >= 15 is 0 Å². The maximum absolute atomic E-state index is 12.0. The van der Waals surface area contributed by atoms with Gasteiger partial charge in [-0.3, -0.25) is 4.79 Å². The molecule has 0 radical (unpaired) electrons. The Balaban J connectivity index is 1.43. The molecule has 0 bridgehead atoms. The number of rotatable bonds is 5. The summed E-state index contributed by atoms with van der Waals surface area (Å²) in [7, 11) is 0. The van der Waals surface area contributed by atoms with Gasteiger partial charge in [0, 0.05) is 11.3 Å². The van der Waals surface area contributed by atoms with Crippen molar-refractivity contribution in [2.24, 2.45) is 0 Å². The van der Waals surface area contributed by atoms with E-state index in [0.29, 0.717) is 13.0 Å². The molecule has 0 saturated heterocycles. The molecule has 1 aromatic carbocycles. The van der Waals surface area contributed by atoms with Gasteiger partial charge in [0.15, 0.2) is 0 Å². The molecule has 22 heavy (non-hydrogen) atoms. The Morgan fingerprint density at radius 3 is 3.14 bits per heavy atom. The van der Waals surface area contributed by atoms with Crippen molar-refractivity contribution in [3.63, 3.8) is 0 Å². The lowest BCUT2D eigenvalue weighted by Gasteiger charge is -2.26. The fourth-order valence-corrected chi connectivity index (χ4v) is 3.41. The van der Waals surface area contributed by atoms with Crippen molar-refractivity contribution in [1.29, 1.82) is 0 Å². The van der Waals surface area contributed by atoms with E-state index in [0.717, 1.165) is 30.7 Å². The van der Waals surface area contributed by atoms with Crippen LogP contribution in [0.1, 0.15) is 29.0 Å². The Labute approximate surface area is 134 Å². The summed E-state index contributed by atoms with van der Waals surface area (Å²) in [5, 5.41) is 2.99. The van der Waals surface area contributed by atoms with Crippen molar-refractivity contribution in [3.05, 3.63) is 45.9 Å². The normalized spacial score (nSPS) is 16.7. The van der Waals surface area contributed by atoms with Crippen molar-refractivity contribution in [2.75, 3.05) is 6.54 Å². The molecule has 1 N–H and O–H groups in total. The molecule has 4 nitrogen and oxygen atoms in total. The molecule has 1 atom stereocenters. The maximum atomic E-state index is 12.0. The highest BCUT2D eigenvalue weighted by Gasteiger charge is 2.19. The molecule has 2 heterocycles. The van der Waals surface area contributed by atoms with Gasteiger partial charge in [0.25, 0.3) is 0 Å². The lowest BCUT2D eigenvalue weighted by Crippen LogP contribution is -2.37. The Kier molecular flexibility index (Phi) is 4.73. The standard InChI is InChI=1S/C17H20N2O2S/c1-12-16(22-11-19-12)8-9-17(20)18-10-14-7-6-13-4-2-3-5-15(13)21-14/h2-5,11,14H,6-10H2,1H3,(H,18,20). The largest absolute Gasteiger partial charge is 0.488 e. The number of aryl methyl sites for hydroxylation is 3. The lowest BCUT2D eigenvalue weighted by molar-refractivity contribution is -0.121. The SMILES string of the molecule is Cc1ncsc1CCC(=O)NCC1CCc2ccccc2O1. The smallest absolute Gasteiger partial charge is 0.220 e. The fourth-order valence-electron chi connectivity index (χ4n) is 2.63. The molecule has 3 rings (SSSR count). The average molecular weight is 316 g/mol. The molecule has 1 amide bonds. The van der Waals surface area contributed by atoms with Crippen molar-refractivity contribution >= 4 is 17.2 Å². The summed E-state index contributed by atoms with van der Waals surface area (Å²) in [6.45, 7) is 2.56. The third kappa shape index (κ3) is 3.65. The number of amides is 1. The van der Waals surface area contributed by atoms with Gasteiger partial charge in [-0.25, -0.2) is 4.98 Å². The number of nitrogens with one attached hydrogen (secondary N) is 1. The molecule has 0 fully saturated rings. The Bertz CT molecular complexity index is 654. The number of fused-ring (bicyclic) bond motifs is 1. The van der Waals surface area contributed by atoms with Crippen LogP contribution < -0.4 is 10.1 Å². The summed E-state index contributed by atoms with van der Waals surface area (Å²) >= 11 is 1.61. The zero-order valence-corrected chi connectivity index (χ0v) is 13.5. The van der Waals surface area contributed by atoms with Gasteiger partial charge in [0.05, 0.1) is 17.7 Å². The highest BCUT2D eigenvalue weighted by atomic mass is 32.1. The summed E-state index contributed by atoms with van der Waals surface area (Å²) in [6.07, 6.45) is 3.30. The van der Waals surface area contributed by atoms with E-state index in [1.54, 1.807) is 11.3 Å². The average Bonchev–Trinajstić information content (AvgIpc) is 2.96. The zero-order valence-electron chi connectivity index (χ0n) is 12.7. The van der Waals surface area contributed by atoms with Crippen LogP contribution in [0.5, 0.6) is 5.75 Å². The third-order valence-electron chi connectivity index (χ3n) is 3.95. The number of hydrogen-bond acceptors (Lipinski definition) is 4. The van der Waals surface area contributed by atoms with Crippen LogP contribution in [0.2, 0.25) is 0 Å². The van der Waals surface area contributed by atoms with E-state index in [1.165, 1.54) is 10.4 Å². The van der Waals surface area contributed by atoms with Crippen molar-refractivity contribution in [1.82, 2.24) is 10.3 Å². The highest BCUT2D eigenvalue weighted by Crippen LogP contribution is 2.26. The Hall–Kier alpha value is -1.88. The van der Waals surface area contributed by atoms with Crippen LogP contribution in [0.15, 0.2) is 29.8 Å². The first-order chi connectivity index (χ1) is 10.7. The number of benzene rings is 1. The molecule has 116 valence electrons. The molecule has 2 aromatic rings. The minimum atomic E-state index is 0.0731. The molecule has 0 spiro atoms. The van der Waals surface area contributed by atoms with Crippen LogP contribution >= 0.6 is 11.3 Å². The van der Waals surface area contributed by atoms with E-state index in [9.17, 15) is 4.79 Å². The Morgan fingerprint density at radius 1 is 1.45 bits per heavy atom. The van der Waals surface area contributed by atoms with E-state index in [1.807, 2.05) is 30.6 Å². The number of aromatic nitrogens is 1. The van der Waals surface area contributed by atoms with Gasteiger partial charge in [-0.15, -0.1) is 11.3 Å². The predicted molar refractivity (Wildman–Crippen MR) is 87.4 cm³/mol. The van der Waals surface area contributed by atoms with Gasteiger partial charge < -0.3 is 10.1 Å². The number of ether oxygens (including phenoxy) is 1. The van der Waals surface area contributed by atoms with E-state index in [-0.39, 0.29) is 12.0 Å². The second-order valence-corrected chi connectivity index (χ2v) is 6.49. The topological polar surface area (TPSA) is 51.2 Å². The molecular weight excluding hydrogens is 296 g/mol. The van der Waals surface area contributed by atoms with E-state index in [2.05, 4.69) is 16.4 Å². The summed E-state index contributed by atoms with van der Waals surface area (Å²) in [5.41, 5.74) is 4.12. The van der Waals surface area contributed by atoms with E-state index < -0.39 is 0 Å². The van der Waals surface area contributed by atoms with Crippen LogP contribution in [0.3, 0.4) is 0 Å². The van der Waals surface area contributed by atoms with Crippen LogP contribution in [-0.4, -0.2) is 23.5 Å². The first-order valence-corrected chi connectivity index (χ1v) is 8.50. The number of hydrogen-bond donors (Lipinski definition) is 1. The predicted octanol–water partition coefficient (Wildman–Crippen LogP) is 2.89. The van der Waals surface area contributed by atoms with Crippen molar-refractivity contribution < 1.29 is 9.53 Å². The van der Waals surface area contributed by atoms with Crippen LogP contribution in [0.4, 0.5) is 0 Å². The molecule has 1 aromatic heterocycles. The van der Waals surface area contributed by atoms with Gasteiger partial charge >= 0.3 is 0 Å². The quantitative estimate of drug-likeness (QED) is 0.923. The molecule has 1 aliphatic heterocycles. The van der Waals surface area contributed by atoms with Gasteiger partial charge in [-0.1, -0.05) is 18.2 Å². The van der Waals surface area contributed by atoms with Crippen molar-refractivity contribution in [3.8, 4) is 5.75 Å².